The first-order valence-electron chi connectivity index (χ1n) is 4.84. The number of anilines is 1. The van der Waals surface area contributed by atoms with Gasteiger partial charge in [0.2, 0.25) is 0 Å². The molecular weight excluding hydrogens is 212 g/mol. The summed E-state index contributed by atoms with van der Waals surface area (Å²) in [5, 5.41) is 11.6. The van der Waals surface area contributed by atoms with Crippen LogP contribution in [0.2, 0.25) is 0 Å². The van der Waals surface area contributed by atoms with Gasteiger partial charge in [-0.2, -0.15) is 0 Å². The summed E-state index contributed by atoms with van der Waals surface area (Å²) in [4.78, 5) is 14.2. The molecule has 0 bridgehead atoms. The molecule has 1 atom stereocenters. The molecule has 0 radical (unpaired) electrons. The molecule has 1 unspecified atom stereocenters. The number of hydrogen-bond acceptors (Lipinski definition) is 4. The summed E-state index contributed by atoms with van der Waals surface area (Å²) in [6.07, 6.45) is 0.629. The number of nitrogens with zero attached hydrogens (tertiary/aromatic N) is 1. The van der Waals surface area contributed by atoms with Gasteiger partial charge >= 0.3 is 0 Å². The van der Waals surface area contributed by atoms with Crippen LogP contribution < -0.4 is 5.73 Å². The Balaban J connectivity index is 2.14. The van der Waals surface area contributed by atoms with E-state index in [4.69, 9.17) is 5.73 Å². The molecule has 1 saturated heterocycles. The molecule has 0 saturated carbocycles. The smallest absolute Gasteiger partial charge is 0.266 e. The third-order valence-electron chi connectivity index (χ3n) is 2.63. The van der Waals surface area contributed by atoms with Crippen molar-refractivity contribution in [1.29, 1.82) is 0 Å². The second-order valence-electron chi connectivity index (χ2n) is 4.18. The monoisotopic (exact) mass is 226 g/mol. The predicted molar refractivity (Wildman–Crippen MR) is 59.9 cm³/mol. The van der Waals surface area contributed by atoms with E-state index in [1.54, 1.807) is 23.3 Å². The molecule has 2 rings (SSSR count). The Labute approximate surface area is 92.3 Å². The van der Waals surface area contributed by atoms with Crippen LogP contribution in [0.3, 0.4) is 0 Å². The number of nitrogen functional groups attached to an aromatic ring is 1. The van der Waals surface area contributed by atoms with Gasteiger partial charge in [0.15, 0.2) is 0 Å². The number of rotatable bonds is 1. The fourth-order valence-corrected chi connectivity index (χ4v) is 2.54. The lowest BCUT2D eigenvalue weighted by Gasteiger charge is -2.18. The molecule has 1 aliphatic rings. The number of hydrogen-bond donors (Lipinski definition) is 2. The molecule has 2 heterocycles. The van der Waals surface area contributed by atoms with Gasteiger partial charge in [0.25, 0.3) is 5.91 Å². The fourth-order valence-electron chi connectivity index (χ4n) is 1.76. The fraction of sp³-hybridized carbons (Fsp3) is 0.500. The number of carbonyl (C=O) groups is 1. The van der Waals surface area contributed by atoms with E-state index < -0.39 is 5.60 Å². The molecule has 1 aromatic rings. The molecule has 0 aromatic carbocycles. The van der Waals surface area contributed by atoms with Gasteiger partial charge in [-0.1, -0.05) is 0 Å². The minimum Gasteiger partial charge on any atom is -0.397 e. The van der Waals surface area contributed by atoms with Crippen LogP contribution in [-0.4, -0.2) is 34.6 Å². The molecule has 4 nitrogen and oxygen atoms in total. The molecule has 1 aromatic heterocycles. The SMILES string of the molecule is CC1(O)CCN(C(=O)c2sccc2N)C1. The summed E-state index contributed by atoms with van der Waals surface area (Å²) in [5.74, 6) is -0.0692. The second-order valence-corrected chi connectivity index (χ2v) is 5.09. The second kappa shape index (κ2) is 3.50. The van der Waals surface area contributed by atoms with Crippen molar-refractivity contribution in [2.24, 2.45) is 0 Å². The first-order chi connectivity index (χ1) is 6.99. The lowest BCUT2D eigenvalue weighted by molar-refractivity contribution is 0.0575. The van der Waals surface area contributed by atoms with E-state index in [-0.39, 0.29) is 5.91 Å². The normalized spacial score (nSPS) is 25.9. The van der Waals surface area contributed by atoms with Crippen molar-refractivity contribution in [3.05, 3.63) is 16.3 Å². The van der Waals surface area contributed by atoms with Crippen molar-refractivity contribution in [3.8, 4) is 0 Å². The molecule has 82 valence electrons. The number of nitrogens with two attached hydrogens (primary N) is 1. The van der Waals surface area contributed by atoms with Crippen molar-refractivity contribution in [2.75, 3.05) is 18.8 Å². The van der Waals surface area contributed by atoms with Crippen LogP contribution in [0.4, 0.5) is 5.69 Å². The zero-order valence-corrected chi connectivity index (χ0v) is 9.38. The third kappa shape index (κ3) is 1.98. The molecule has 1 amide bonds. The highest BCUT2D eigenvalue weighted by atomic mass is 32.1. The summed E-state index contributed by atoms with van der Waals surface area (Å²) in [5.41, 5.74) is 5.45. The van der Waals surface area contributed by atoms with Crippen molar-refractivity contribution in [2.45, 2.75) is 18.9 Å². The minimum atomic E-state index is -0.748. The van der Waals surface area contributed by atoms with Crippen molar-refractivity contribution < 1.29 is 9.90 Å². The first kappa shape index (κ1) is 10.4. The number of aliphatic hydroxyl groups is 1. The summed E-state index contributed by atoms with van der Waals surface area (Å²) < 4.78 is 0. The van der Waals surface area contributed by atoms with Gasteiger partial charge in [0.05, 0.1) is 11.3 Å². The van der Waals surface area contributed by atoms with Crippen LogP contribution in [0.25, 0.3) is 0 Å². The van der Waals surface area contributed by atoms with Gasteiger partial charge in [0, 0.05) is 13.1 Å². The van der Waals surface area contributed by atoms with E-state index >= 15 is 0 Å². The zero-order valence-electron chi connectivity index (χ0n) is 8.56. The average molecular weight is 226 g/mol. The molecule has 1 aliphatic heterocycles. The largest absolute Gasteiger partial charge is 0.397 e. The molecule has 3 N–H and O–H groups in total. The van der Waals surface area contributed by atoms with E-state index in [1.807, 2.05) is 0 Å². The van der Waals surface area contributed by atoms with E-state index in [2.05, 4.69) is 0 Å². The molecule has 15 heavy (non-hydrogen) atoms. The zero-order chi connectivity index (χ0) is 11.1. The molecule has 5 heteroatoms. The van der Waals surface area contributed by atoms with Crippen molar-refractivity contribution in [1.82, 2.24) is 4.90 Å². The van der Waals surface area contributed by atoms with Gasteiger partial charge in [0.1, 0.15) is 4.88 Å². The Kier molecular flexibility index (Phi) is 2.44. The summed E-state index contributed by atoms with van der Waals surface area (Å²) >= 11 is 1.35. The molecule has 0 aliphatic carbocycles. The van der Waals surface area contributed by atoms with Gasteiger partial charge in [-0.05, 0) is 24.8 Å². The predicted octanol–water partition coefficient (Wildman–Crippen LogP) is 0.927. The molecular formula is C10H14N2O2S. The minimum absolute atomic E-state index is 0.0692. The Morgan fingerprint density at radius 3 is 2.93 bits per heavy atom. The number of carbonyl (C=O) groups excluding carboxylic acids is 1. The summed E-state index contributed by atoms with van der Waals surface area (Å²) in [6, 6.07) is 1.73. The summed E-state index contributed by atoms with van der Waals surface area (Å²) in [7, 11) is 0. The van der Waals surface area contributed by atoms with Crippen molar-refractivity contribution in [3.63, 3.8) is 0 Å². The highest BCUT2D eigenvalue weighted by Gasteiger charge is 2.35. The Morgan fingerprint density at radius 2 is 2.47 bits per heavy atom. The molecule has 1 fully saturated rings. The van der Waals surface area contributed by atoms with Gasteiger partial charge in [-0.3, -0.25) is 4.79 Å². The van der Waals surface area contributed by atoms with Crippen LogP contribution >= 0.6 is 11.3 Å². The van der Waals surface area contributed by atoms with E-state index in [1.165, 1.54) is 11.3 Å². The van der Waals surface area contributed by atoms with Gasteiger partial charge < -0.3 is 15.7 Å². The van der Waals surface area contributed by atoms with E-state index in [0.717, 1.165) is 0 Å². The van der Waals surface area contributed by atoms with Gasteiger partial charge in [-0.25, -0.2) is 0 Å². The van der Waals surface area contributed by atoms with E-state index in [0.29, 0.717) is 30.1 Å². The Morgan fingerprint density at radius 1 is 1.73 bits per heavy atom. The Hall–Kier alpha value is -1.07. The standard InChI is InChI=1S/C10H14N2O2S/c1-10(14)3-4-12(6-10)9(13)8-7(11)2-5-15-8/h2,5,14H,3-4,6,11H2,1H3. The maximum Gasteiger partial charge on any atom is 0.266 e. The van der Waals surface area contributed by atoms with Crippen LogP contribution in [0.5, 0.6) is 0 Å². The van der Waals surface area contributed by atoms with Crippen LogP contribution in [0, 0.1) is 0 Å². The summed E-state index contributed by atoms with van der Waals surface area (Å²) in [6.45, 7) is 2.74. The lowest BCUT2D eigenvalue weighted by atomic mass is 10.1. The van der Waals surface area contributed by atoms with E-state index in [9.17, 15) is 9.90 Å². The maximum atomic E-state index is 12.0. The number of likely N-dealkylation sites (tertiary alicyclic amines) is 1. The van der Waals surface area contributed by atoms with Crippen LogP contribution in [0.1, 0.15) is 23.0 Å². The van der Waals surface area contributed by atoms with Crippen LogP contribution in [0.15, 0.2) is 11.4 Å². The quantitative estimate of drug-likeness (QED) is 0.748. The number of β-amino-alcohol motifs (C(OH)–C–C–N with tert-alkyl or cyclic N) is 1. The topological polar surface area (TPSA) is 66.6 Å². The first-order valence-corrected chi connectivity index (χ1v) is 5.72. The van der Waals surface area contributed by atoms with Gasteiger partial charge in [-0.15, -0.1) is 11.3 Å². The third-order valence-corrected chi connectivity index (χ3v) is 3.55. The number of thiophene rings is 1. The Bertz CT molecular complexity index is 387. The van der Waals surface area contributed by atoms with Crippen molar-refractivity contribution >= 4 is 22.9 Å². The highest BCUT2D eigenvalue weighted by Crippen LogP contribution is 2.26. The highest BCUT2D eigenvalue weighted by molar-refractivity contribution is 7.12. The lowest BCUT2D eigenvalue weighted by Crippen LogP contribution is -2.33. The van der Waals surface area contributed by atoms with Crippen LogP contribution in [-0.2, 0) is 0 Å². The molecule has 0 spiro atoms. The maximum absolute atomic E-state index is 12.0. The average Bonchev–Trinajstić information content (AvgIpc) is 2.71. The number of amides is 1.